The van der Waals surface area contributed by atoms with Crippen molar-refractivity contribution >= 4 is 35.0 Å². The lowest BCUT2D eigenvalue weighted by Crippen LogP contribution is -2.21. The third-order valence-electron chi connectivity index (χ3n) is 3.17. The molecule has 19 heavy (non-hydrogen) atoms. The Balaban J connectivity index is 2.38. The zero-order valence-corrected chi connectivity index (χ0v) is 14.0. The van der Waals surface area contributed by atoms with E-state index in [-0.39, 0.29) is 0 Å². The van der Waals surface area contributed by atoms with Gasteiger partial charge in [0, 0.05) is 6.04 Å². The van der Waals surface area contributed by atoms with Crippen molar-refractivity contribution in [2.45, 2.75) is 38.6 Å². The molecular formula is C15H23Cl2NS. The molecule has 108 valence electrons. The van der Waals surface area contributed by atoms with Gasteiger partial charge in [-0.15, -0.1) is 0 Å². The predicted octanol–water partition coefficient (Wildman–Crippen LogP) is 5.57. The number of nitrogens with one attached hydrogen (secondary N) is 1. The SMILES string of the molecule is CCC(NCCCCCSC)c1ccc(Cl)c(Cl)c1. The fourth-order valence-corrected chi connectivity index (χ4v) is 2.85. The van der Waals surface area contributed by atoms with Crippen molar-refractivity contribution in [1.29, 1.82) is 0 Å². The molecule has 0 aliphatic carbocycles. The number of thioether (sulfide) groups is 1. The number of unbranched alkanes of at least 4 members (excludes halogenated alkanes) is 2. The van der Waals surface area contributed by atoms with Gasteiger partial charge in [-0.3, -0.25) is 0 Å². The molecule has 0 amide bonds. The van der Waals surface area contributed by atoms with Gasteiger partial charge in [0.25, 0.3) is 0 Å². The lowest BCUT2D eigenvalue weighted by molar-refractivity contribution is 0.502. The zero-order valence-electron chi connectivity index (χ0n) is 11.7. The van der Waals surface area contributed by atoms with E-state index in [9.17, 15) is 0 Å². The predicted molar refractivity (Wildman–Crippen MR) is 89.7 cm³/mol. The topological polar surface area (TPSA) is 12.0 Å². The van der Waals surface area contributed by atoms with E-state index in [1.54, 1.807) is 0 Å². The molecule has 0 aliphatic rings. The molecule has 4 heteroatoms. The molecule has 0 spiro atoms. The molecule has 0 radical (unpaired) electrons. The first-order valence-corrected chi connectivity index (χ1v) is 9.01. The van der Waals surface area contributed by atoms with Crippen LogP contribution in [0.4, 0.5) is 0 Å². The summed E-state index contributed by atoms with van der Waals surface area (Å²) in [5, 5.41) is 4.86. The fraction of sp³-hybridized carbons (Fsp3) is 0.600. The maximum atomic E-state index is 6.07. The largest absolute Gasteiger partial charge is 0.310 e. The van der Waals surface area contributed by atoms with Crippen molar-refractivity contribution in [3.05, 3.63) is 33.8 Å². The average Bonchev–Trinajstić information content (AvgIpc) is 2.41. The van der Waals surface area contributed by atoms with Crippen molar-refractivity contribution in [3.8, 4) is 0 Å². The Hall–Kier alpha value is 0.110. The van der Waals surface area contributed by atoms with Crippen LogP contribution in [0.3, 0.4) is 0 Å². The Morgan fingerprint density at radius 2 is 1.95 bits per heavy atom. The summed E-state index contributed by atoms with van der Waals surface area (Å²) in [5.41, 5.74) is 1.22. The summed E-state index contributed by atoms with van der Waals surface area (Å²) >= 11 is 13.9. The first-order chi connectivity index (χ1) is 9.19. The van der Waals surface area contributed by atoms with Crippen molar-refractivity contribution in [2.24, 2.45) is 0 Å². The fourth-order valence-electron chi connectivity index (χ4n) is 2.05. The maximum absolute atomic E-state index is 6.07. The van der Waals surface area contributed by atoms with Gasteiger partial charge in [0.15, 0.2) is 0 Å². The third kappa shape index (κ3) is 6.40. The van der Waals surface area contributed by atoms with Crippen LogP contribution in [0.1, 0.15) is 44.2 Å². The highest BCUT2D eigenvalue weighted by molar-refractivity contribution is 7.98. The van der Waals surface area contributed by atoms with Crippen LogP contribution in [0.5, 0.6) is 0 Å². The zero-order chi connectivity index (χ0) is 14.1. The molecule has 0 heterocycles. The van der Waals surface area contributed by atoms with Crippen LogP contribution < -0.4 is 5.32 Å². The minimum absolute atomic E-state index is 0.371. The third-order valence-corrected chi connectivity index (χ3v) is 4.61. The van der Waals surface area contributed by atoms with Gasteiger partial charge in [0.05, 0.1) is 10.0 Å². The molecule has 1 N–H and O–H groups in total. The summed E-state index contributed by atoms with van der Waals surface area (Å²) < 4.78 is 0. The van der Waals surface area contributed by atoms with Gasteiger partial charge in [-0.05, 0) is 55.5 Å². The van der Waals surface area contributed by atoms with E-state index in [2.05, 4.69) is 24.6 Å². The molecule has 0 saturated heterocycles. The van der Waals surface area contributed by atoms with Crippen LogP contribution in [0.25, 0.3) is 0 Å². The summed E-state index contributed by atoms with van der Waals surface area (Å²) in [6.07, 6.45) is 7.06. The van der Waals surface area contributed by atoms with Crippen molar-refractivity contribution in [1.82, 2.24) is 5.32 Å². The van der Waals surface area contributed by atoms with Crippen LogP contribution in [-0.4, -0.2) is 18.6 Å². The monoisotopic (exact) mass is 319 g/mol. The van der Waals surface area contributed by atoms with Gasteiger partial charge >= 0.3 is 0 Å². The molecule has 0 aromatic heterocycles. The maximum Gasteiger partial charge on any atom is 0.0595 e. The Labute approximate surface area is 131 Å². The Morgan fingerprint density at radius 3 is 2.58 bits per heavy atom. The summed E-state index contributed by atoms with van der Waals surface area (Å²) in [6, 6.07) is 6.28. The van der Waals surface area contributed by atoms with Gasteiger partial charge in [0.2, 0.25) is 0 Å². The van der Waals surface area contributed by atoms with Gasteiger partial charge < -0.3 is 5.32 Å². The minimum Gasteiger partial charge on any atom is -0.310 e. The first-order valence-electron chi connectivity index (χ1n) is 6.86. The second kappa shape index (κ2) is 9.93. The van der Waals surface area contributed by atoms with Gasteiger partial charge in [0.1, 0.15) is 0 Å². The van der Waals surface area contributed by atoms with E-state index >= 15 is 0 Å². The second-order valence-electron chi connectivity index (χ2n) is 4.64. The summed E-state index contributed by atoms with van der Waals surface area (Å²) in [5.74, 6) is 1.27. The highest BCUT2D eigenvalue weighted by Gasteiger charge is 2.09. The van der Waals surface area contributed by atoms with Crippen LogP contribution in [-0.2, 0) is 0 Å². The highest BCUT2D eigenvalue weighted by atomic mass is 35.5. The molecule has 0 fully saturated rings. The van der Waals surface area contributed by atoms with Gasteiger partial charge in [-0.25, -0.2) is 0 Å². The quantitative estimate of drug-likeness (QED) is 0.597. The number of rotatable bonds is 9. The Kier molecular flexibility index (Phi) is 8.97. The lowest BCUT2D eigenvalue weighted by Gasteiger charge is -2.18. The summed E-state index contributed by atoms with van der Waals surface area (Å²) in [7, 11) is 0. The summed E-state index contributed by atoms with van der Waals surface area (Å²) in [6.45, 7) is 3.25. The number of hydrogen-bond acceptors (Lipinski definition) is 2. The molecule has 1 aromatic rings. The van der Waals surface area contributed by atoms with E-state index < -0.39 is 0 Å². The molecule has 1 rings (SSSR count). The smallest absolute Gasteiger partial charge is 0.0595 e. The molecule has 0 bridgehead atoms. The number of halogens is 2. The molecule has 1 unspecified atom stereocenters. The van der Waals surface area contributed by atoms with Gasteiger partial charge in [-0.2, -0.15) is 11.8 Å². The van der Waals surface area contributed by atoms with Crippen LogP contribution in [0, 0.1) is 0 Å². The molecule has 0 saturated carbocycles. The van der Waals surface area contributed by atoms with Crippen molar-refractivity contribution in [3.63, 3.8) is 0 Å². The second-order valence-corrected chi connectivity index (χ2v) is 6.44. The van der Waals surface area contributed by atoms with E-state index in [0.717, 1.165) is 13.0 Å². The Bertz CT molecular complexity index is 371. The van der Waals surface area contributed by atoms with E-state index in [0.29, 0.717) is 16.1 Å². The van der Waals surface area contributed by atoms with Crippen LogP contribution in [0.2, 0.25) is 10.0 Å². The number of benzene rings is 1. The van der Waals surface area contributed by atoms with E-state index in [1.807, 2.05) is 23.9 Å². The molecule has 1 aromatic carbocycles. The van der Waals surface area contributed by atoms with Gasteiger partial charge in [-0.1, -0.05) is 42.6 Å². The Morgan fingerprint density at radius 1 is 1.16 bits per heavy atom. The van der Waals surface area contributed by atoms with E-state index in [1.165, 1.54) is 30.6 Å². The first kappa shape index (κ1) is 17.2. The van der Waals surface area contributed by atoms with Crippen molar-refractivity contribution in [2.75, 3.05) is 18.6 Å². The summed E-state index contributed by atoms with van der Waals surface area (Å²) in [4.78, 5) is 0. The number of hydrogen-bond donors (Lipinski definition) is 1. The van der Waals surface area contributed by atoms with Crippen LogP contribution in [0.15, 0.2) is 18.2 Å². The standard InChI is InChI=1S/C15H23Cl2NS/c1-3-15(18-9-5-4-6-10-19-2)12-7-8-13(16)14(17)11-12/h7-8,11,15,18H,3-6,9-10H2,1-2H3. The highest BCUT2D eigenvalue weighted by Crippen LogP contribution is 2.26. The normalized spacial score (nSPS) is 12.6. The molecule has 1 nitrogen and oxygen atoms in total. The van der Waals surface area contributed by atoms with E-state index in [4.69, 9.17) is 23.2 Å². The molecular weight excluding hydrogens is 297 g/mol. The molecule has 0 aliphatic heterocycles. The van der Waals surface area contributed by atoms with Crippen LogP contribution >= 0.6 is 35.0 Å². The minimum atomic E-state index is 0.371. The van der Waals surface area contributed by atoms with Crippen molar-refractivity contribution < 1.29 is 0 Å². The lowest BCUT2D eigenvalue weighted by atomic mass is 10.0. The average molecular weight is 320 g/mol. The molecule has 1 atom stereocenters.